The van der Waals surface area contributed by atoms with Gasteiger partial charge < -0.3 is 29.3 Å². The number of nitrogens with zero attached hydrogens (tertiary/aromatic N) is 3. The normalized spacial score (nSPS) is 25.0. The largest absolute Gasteiger partial charge is 0.455 e. The van der Waals surface area contributed by atoms with Gasteiger partial charge in [0, 0.05) is 20.0 Å². The summed E-state index contributed by atoms with van der Waals surface area (Å²) in [6.07, 6.45) is 3.80. The number of carbonyl (C=O) groups excluding carboxylic acids is 4. The van der Waals surface area contributed by atoms with Crippen molar-refractivity contribution in [1.29, 1.82) is 0 Å². The van der Waals surface area contributed by atoms with Crippen molar-refractivity contribution < 1.29 is 33.8 Å². The summed E-state index contributed by atoms with van der Waals surface area (Å²) in [6.45, 7) is 15.0. The maximum atomic E-state index is 15.1. The Morgan fingerprint density at radius 2 is 1.83 bits per heavy atom. The number of esters is 1. The van der Waals surface area contributed by atoms with E-state index in [0.29, 0.717) is 42.0 Å². The van der Waals surface area contributed by atoms with Crippen LogP contribution in [0.4, 0.5) is 5.69 Å². The van der Waals surface area contributed by atoms with Crippen molar-refractivity contribution in [2.45, 2.75) is 95.7 Å². The third kappa shape index (κ3) is 7.17. The van der Waals surface area contributed by atoms with Gasteiger partial charge in [-0.15, -0.1) is 13.2 Å². The summed E-state index contributed by atoms with van der Waals surface area (Å²) in [5.41, 5.74) is 0.624. The Morgan fingerprint density at radius 3 is 2.44 bits per heavy atom. The van der Waals surface area contributed by atoms with Crippen LogP contribution in [0.15, 0.2) is 73.8 Å². The molecule has 2 aromatic carbocycles. The van der Waals surface area contributed by atoms with E-state index in [-0.39, 0.29) is 31.4 Å². The summed E-state index contributed by atoms with van der Waals surface area (Å²) < 4.78 is 13.1. The quantitative estimate of drug-likeness (QED) is 0.165. The van der Waals surface area contributed by atoms with Gasteiger partial charge in [-0.05, 0) is 62.6 Å². The number of ether oxygens (including phenoxy) is 2. The van der Waals surface area contributed by atoms with Gasteiger partial charge in [-0.3, -0.25) is 19.2 Å². The van der Waals surface area contributed by atoms with Crippen molar-refractivity contribution in [1.82, 2.24) is 9.80 Å². The number of hydrogen-bond acceptors (Lipinski definition) is 7. The number of halogens is 1. The predicted octanol–water partition coefficient (Wildman–Crippen LogP) is 6.05. The molecule has 0 unspecified atom stereocenters. The van der Waals surface area contributed by atoms with E-state index in [1.165, 1.54) is 9.80 Å². The molecule has 0 aromatic heterocycles. The van der Waals surface area contributed by atoms with Crippen LogP contribution in [0.2, 0.25) is 5.02 Å². The zero-order valence-corrected chi connectivity index (χ0v) is 31.6. The van der Waals surface area contributed by atoms with Gasteiger partial charge in [-0.25, -0.2) is 0 Å². The number of fused-ring (bicyclic) bond motifs is 1. The van der Waals surface area contributed by atoms with Crippen molar-refractivity contribution in [3.63, 3.8) is 0 Å². The molecule has 11 heteroatoms. The van der Waals surface area contributed by atoms with Gasteiger partial charge in [-0.2, -0.15) is 0 Å². The summed E-state index contributed by atoms with van der Waals surface area (Å²) in [6, 6.07) is 12.2. The molecule has 2 aromatic rings. The molecule has 2 bridgehead atoms. The molecular weight excluding hydrogens is 682 g/mol. The summed E-state index contributed by atoms with van der Waals surface area (Å²) in [5, 5.41) is 11.1. The van der Waals surface area contributed by atoms with E-state index >= 15 is 4.79 Å². The van der Waals surface area contributed by atoms with Gasteiger partial charge in [0.2, 0.25) is 11.8 Å². The molecular formula is C41H52ClN3O7. The second-order valence-corrected chi connectivity index (χ2v) is 15.2. The molecule has 0 saturated carbocycles. The molecule has 0 aliphatic carbocycles. The molecule has 52 heavy (non-hydrogen) atoms. The standard InChI is InChI=1S/C41H52ClN3O7/c1-8-10-19-32(47)43(7)27(6)36(28-16-12-11-13-17-28)51-40(50)33-31-20-21-41(52-31)34(33)38(48)45(29(24-46)23-25(3)4)37(41)39(49)44(22-9-2)35-26(5)15-14-18-30(35)42/h8-9,11-18,25,27,29,31,33-34,36-37,46H,1-2,10,19-24H2,3-7H3/t27-,29-,31-,33+,34+,36+,37-,41+/m1/s1. The molecule has 3 fully saturated rings. The second-order valence-electron chi connectivity index (χ2n) is 14.8. The Kier molecular flexibility index (Phi) is 12.3. The average molecular weight is 734 g/mol. The van der Waals surface area contributed by atoms with Gasteiger partial charge in [0.05, 0.1) is 47.3 Å². The molecule has 1 N–H and O–H groups in total. The van der Waals surface area contributed by atoms with E-state index in [0.717, 1.165) is 5.56 Å². The number of benzene rings is 2. The van der Waals surface area contributed by atoms with Gasteiger partial charge >= 0.3 is 5.97 Å². The first-order chi connectivity index (χ1) is 24.8. The first-order valence-electron chi connectivity index (χ1n) is 18.2. The maximum Gasteiger partial charge on any atom is 0.313 e. The number of aryl methyl sites for hydroxylation is 1. The summed E-state index contributed by atoms with van der Waals surface area (Å²) >= 11 is 6.71. The van der Waals surface area contributed by atoms with Crippen molar-refractivity contribution >= 4 is 41.0 Å². The predicted molar refractivity (Wildman–Crippen MR) is 200 cm³/mol. The second kappa shape index (κ2) is 16.4. The highest BCUT2D eigenvalue weighted by Gasteiger charge is 2.76. The lowest BCUT2D eigenvalue weighted by Crippen LogP contribution is -2.59. The Labute approximate surface area is 312 Å². The highest BCUT2D eigenvalue weighted by atomic mass is 35.5. The Bertz CT molecular complexity index is 1650. The zero-order valence-electron chi connectivity index (χ0n) is 30.9. The molecule has 10 nitrogen and oxygen atoms in total. The minimum absolute atomic E-state index is 0.0889. The molecule has 3 amide bonds. The Balaban J connectivity index is 1.55. The first-order valence-corrected chi connectivity index (χ1v) is 18.6. The van der Waals surface area contributed by atoms with E-state index in [1.807, 2.05) is 64.1 Å². The monoisotopic (exact) mass is 733 g/mol. The van der Waals surface area contributed by atoms with Crippen LogP contribution >= 0.6 is 11.6 Å². The molecule has 3 aliphatic rings. The van der Waals surface area contributed by atoms with Crippen LogP contribution in [0.25, 0.3) is 0 Å². The van der Waals surface area contributed by atoms with Crippen LogP contribution < -0.4 is 4.90 Å². The lowest BCUT2D eigenvalue weighted by Gasteiger charge is -2.40. The summed E-state index contributed by atoms with van der Waals surface area (Å²) in [4.78, 5) is 62.2. The van der Waals surface area contributed by atoms with Crippen LogP contribution in [-0.4, -0.2) is 88.6 Å². The number of anilines is 1. The average Bonchev–Trinajstić information content (AvgIpc) is 3.78. The number of likely N-dealkylation sites (tertiary alicyclic amines) is 1. The van der Waals surface area contributed by atoms with Crippen molar-refractivity contribution in [3.05, 3.63) is 90.0 Å². The number of para-hydroxylation sites is 1. The summed E-state index contributed by atoms with van der Waals surface area (Å²) in [7, 11) is 1.68. The van der Waals surface area contributed by atoms with Crippen molar-refractivity contribution in [3.8, 4) is 0 Å². The first kappa shape index (κ1) is 39.2. The third-order valence-corrected chi connectivity index (χ3v) is 11.3. The molecule has 0 radical (unpaired) electrons. The molecule has 5 rings (SSSR count). The SMILES string of the molecule is C=CCCC(=O)N(C)[C@H](C)[C@H](OC(=O)[C@@H]1[C@H]2C(=O)N([C@@H](CO)CC(C)C)[C@H](C(=O)N(CC=C)c3c(C)cccc3Cl)[C@]23CC[C@H]1O3)c1ccccc1. The lowest BCUT2D eigenvalue weighted by atomic mass is 9.70. The molecule has 280 valence electrons. The molecule has 3 saturated heterocycles. The van der Waals surface area contributed by atoms with E-state index in [1.54, 1.807) is 36.2 Å². The minimum atomic E-state index is -1.34. The van der Waals surface area contributed by atoms with Crippen LogP contribution in [0.3, 0.4) is 0 Å². The van der Waals surface area contributed by atoms with Crippen molar-refractivity contribution in [2.24, 2.45) is 17.8 Å². The van der Waals surface area contributed by atoms with Crippen LogP contribution in [0.5, 0.6) is 0 Å². The molecule has 3 heterocycles. The number of aliphatic hydroxyl groups excluding tert-OH is 1. The molecule has 1 spiro atoms. The van der Waals surface area contributed by atoms with Crippen molar-refractivity contribution in [2.75, 3.05) is 25.1 Å². The molecule has 8 atom stereocenters. The lowest BCUT2D eigenvalue weighted by molar-refractivity contribution is -0.165. The van der Waals surface area contributed by atoms with Gasteiger partial charge in [-0.1, -0.05) is 80.1 Å². The number of aliphatic hydroxyl groups is 1. The van der Waals surface area contributed by atoms with Crippen LogP contribution in [-0.2, 0) is 28.7 Å². The third-order valence-electron chi connectivity index (χ3n) is 11.0. The fourth-order valence-electron chi connectivity index (χ4n) is 8.51. The van der Waals surface area contributed by atoms with Crippen LogP contribution in [0, 0.1) is 24.7 Å². The Morgan fingerprint density at radius 1 is 1.12 bits per heavy atom. The number of likely N-dealkylation sites (N-methyl/N-ethyl adjacent to an activating group) is 1. The number of amides is 3. The number of hydrogen-bond donors (Lipinski definition) is 1. The van der Waals surface area contributed by atoms with E-state index in [9.17, 15) is 19.5 Å². The van der Waals surface area contributed by atoms with E-state index in [2.05, 4.69) is 13.2 Å². The fraction of sp³-hybridized carbons (Fsp3) is 0.512. The molecule has 3 aliphatic heterocycles. The number of allylic oxidation sites excluding steroid dienone is 1. The Hall–Kier alpha value is -3.99. The minimum Gasteiger partial charge on any atom is -0.455 e. The highest BCUT2D eigenvalue weighted by molar-refractivity contribution is 6.34. The zero-order chi connectivity index (χ0) is 37.9. The number of rotatable bonds is 16. The van der Waals surface area contributed by atoms with Gasteiger partial charge in [0.1, 0.15) is 17.7 Å². The number of carbonyl (C=O) groups is 4. The topological polar surface area (TPSA) is 117 Å². The van der Waals surface area contributed by atoms with Gasteiger partial charge in [0.15, 0.2) is 0 Å². The van der Waals surface area contributed by atoms with E-state index in [4.69, 9.17) is 21.1 Å². The van der Waals surface area contributed by atoms with Crippen LogP contribution in [0.1, 0.15) is 70.1 Å². The highest BCUT2D eigenvalue weighted by Crippen LogP contribution is 2.60. The fourth-order valence-corrected chi connectivity index (χ4v) is 8.83. The summed E-state index contributed by atoms with van der Waals surface area (Å²) in [5.74, 6) is -3.52. The smallest absolute Gasteiger partial charge is 0.313 e. The van der Waals surface area contributed by atoms with E-state index < -0.39 is 65.6 Å². The van der Waals surface area contributed by atoms with Gasteiger partial charge in [0.25, 0.3) is 5.91 Å². The maximum absolute atomic E-state index is 15.1.